The highest BCUT2D eigenvalue weighted by Gasteiger charge is 2.30. The van der Waals surface area contributed by atoms with Crippen molar-refractivity contribution in [2.24, 2.45) is 0 Å². The highest BCUT2D eigenvalue weighted by atomic mass is 16.5. The molecule has 1 N–H and O–H groups in total. The summed E-state index contributed by atoms with van der Waals surface area (Å²) in [6.45, 7) is 4.79. The molecule has 7 nitrogen and oxygen atoms in total. The van der Waals surface area contributed by atoms with Crippen LogP contribution >= 0.6 is 0 Å². The molecule has 1 aromatic heterocycles. The fourth-order valence-electron chi connectivity index (χ4n) is 1.92. The molecule has 2 unspecified atom stereocenters. The molecule has 0 radical (unpaired) electrons. The second-order valence-electron chi connectivity index (χ2n) is 4.41. The quantitative estimate of drug-likeness (QED) is 0.833. The maximum absolute atomic E-state index is 12.3. The van der Waals surface area contributed by atoms with Crippen molar-refractivity contribution in [1.82, 2.24) is 14.9 Å². The zero-order chi connectivity index (χ0) is 14.0. The minimum Gasteiger partial charge on any atom is -0.476 e. The first kappa shape index (κ1) is 13.4. The van der Waals surface area contributed by atoms with E-state index >= 15 is 0 Å². The molecule has 2 rings (SSSR count). The first-order valence-corrected chi connectivity index (χ1v) is 5.98. The fourth-order valence-corrected chi connectivity index (χ4v) is 1.92. The number of aromatic carboxylic acids is 1. The van der Waals surface area contributed by atoms with Crippen molar-refractivity contribution < 1.29 is 19.4 Å². The highest BCUT2D eigenvalue weighted by molar-refractivity contribution is 5.93. The third-order valence-electron chi connectivity index (χ3n) is 3.23. The second kappa shape index (κ2) is 5.31. The van der Waals surface area contributed by atoms with Crippen molar-refractivity contribution in [2.45, 2.75) is 26.0 Å². The fraction of sp³-hybridized carbons (Fsp3) is 0.500. The topological polar surface area (TPSA) is 92.6 Å². The van der Waals surface area contributed by atoms with Crippen LogP contribution in [-0.4, -0.2) is 57.1 Å². The zero-order valence-corrected chi connectivity index (χ0v) is 10.7. The van der Waals surface area contributed by atoms with Crippen molar-refractivity contribution in [1.29, 1.82) is 0 Å². The molecule has 2 atom stereocenters. The van der Waals surface area contributed by atoms with Crippen LogP contribution in [-0.2, 0) is 4.74 Å². The number of carbonyl (C=O) groups is 2. The van der Waals surface area contributed by atoms with E-state index < -0.39 is 5.97 Å². The predicted molar refractivity (Wildman–Crippen MR) is 64.9 cm³/mol. The van der Waals surface area contributed by atoms with Crippen LogP contribution in [0.5, 0.6) is 0 Å². The lowest BCUT2D eigenvalue weighted by Crippen LogP contribution is -2.51. The van der Waals surface area contributed by atoms with Gasteiger partial charge in [0.05, 0.1) is 31.1 Å². The Bertz CT molecular complexity index is 488. The van der Waals surface area contributed by atoms with E-state index in [1.54, 1.807) is 4.90 Å². The SMILES string of the molecule is CC1OCCN(C(=O)c2cnc(C(=O)O)cn2)C1C. The average Bonchev–Trinajstić information content (AvgIpc) is 2.41. The Kier molecular flexibility index (Phi) is 3.75. The summed E-state index contributed by atoms with van der Waals surface area (Å²) in [6.07, 6.45) is 2.24. The second-order valence-corrected chi connectivity index (χ2v) is 4.41. The summed E-state index contributed by atoms with van der Waals surface area (Å²) in [6, 6.07) is -0.0535. The van der Waals surface area contributed by atoms with Gasteiger partial charge in [0.1, 0.15) is 5.69 Å². The van der Waals surface area contributed by atoms with E-state index in [2.05, 4.69) is 9.97 Å². The third kappa shape index (κ3) is 2.70. The standard InChI is InChI=1S/C12H15N3O4/c1-7-8(2)19-4-3-15(7)11(16)9-5-14-10(6-13-9)12(17)18/h5-8H,3-4H2,1-2H3,(H,17,18). The molecule has 0 aromatic carbocycles. The van der Waals surface area contributed by atoms with E-state index in [4.69, 9.17) is 9.84 Å². The number of hydrogen-bond acceptors (Lipinski definition) is 5. The first-order chi connectivity index (χ1) is 9.00. The molecular weight excluding hydrogens is 250 g/mol. The molecule has 1 aliphatic rings. The smallest absolute Gasteiger partial charge is 0.356 e. The highest BCUT2D eigenvalue weighted by Crippen LogP contribution is 2.15. The molecule has 1 amide bonds. The molecule has 19 heavy (non-hydrogen) atoms. The number of amides is 1. The maximum Gasteiger partial charge on any atom is 0.356 e. The van der Waals surface area contributed by atoms with E-state index in [1.807, 2.05) is 13.8 Å². The summed E-state index contributed by atoms with van der Waals surface area (Å²) in [4.78, 5) is 32.1. The number of hydrogen-bond donors (Lipinski definition) is 1. The summed E-state index contributed by atoms with van der Waals surface area (Å²) in [5.41, 5.74) is -0.0362. The number of carbonyl (C=O) groups excluding carboxylic acids is 1. The number of carboxylic acid groups (broad SMARTS) is 1. The number of carboxylic acids is 1. The summed E-state index contributed by atoms with van der Waals surface area (Å²) in [5, 5.41) is 8.73. The Hall–Kier alpha value is -2.02. The lowest BCUT2D eigenvalue weighted by Gasteiger charge is -2.37. The van der Waals surface area contributed by atoms with Crippen LogP contribution in [0.15, 0.2) is 12.4 Å². The van der Waals surface area contributed by atoms with Crippen molar-refractivity contribution in [3.8, 4) is 0 Å². The molecule has 0 saturated carbocycles. The molecule has 1 aliphatic heterocycles. The van der Waals surface area contributed by atoms with E-state index in [9.17, 15) is 9.59 Å². The average molecular weight is 265 g/mol. The molecule has 0 spiro atoms. The normalized spacial score (nSPS) is 23.2. The van der Waals surface area contributed by atoms with Crippen LogP contribution in [0.4, 0.5) is 0 Å². The monoisotopic (exact) mass is 265 g/mol. The van der Waals surface area contributed by atoms with Crippen LogP contribution in [0.1, 0.15) is 34.8 Å². The number of rotatable bonds is 2. The van der Waals surface area contributed by atoms with Gasteiger partial charge in [-0.2, -0.15) is 0 Å². The van der Waals surface area contributed by atoms with Crippen molar-refractivity contribution >= 4 is 11.9 Å². The largest absolute Gasteiger partial charge is 0.476 e. The Labute approximate surface area is 110 Å². The van der Waals surface area contributed by atoms with Gasteiger partial charge in [-0.05, 0) is 13.8 Å². The van der Waals surface area contributed by atoms with Crippen molar-refractivity contribution in [3.05, 3.63) is 23.8 Å². The first-order valence-electron chi connectivity index (χ1n) is 5.98. The van der Waals surface area contributed by atoms with Crippen molar-refractivity contribution in [2.75, 3.05) is 13.2 Å². The van der Waals surface area contributed by atoms with Crippen molar-refractivity contribution in [3.63, 3.8) is 0 Å². The number of ether oxygens (including phenoxy) is 1. The van der Waals surface area contributed by atoms with E-state index in [-0.39, 0.29) is 29.4 Å². The summed E-state index contributed by atoms with van der Waals surface area (Å²) < 4.78 is 5.45. The molecule has 0 bridgehead atoms. The lowest BCUT2D eigenvalue weighted by molar-refractivity contribution is -0.0442. The minimum atomic E-state index is -1.17. The lowest BCUT2D eigenvalue weighted by atomic mass is 10.1. The Morgan fingerprint density at radius 2 is 1.95 bits per heavy atom. The van der Waals surface area contributed by atoms with Crippen LogP contribution in [0.2, 0.25) is 0 Å². The number of morpholine rings is 1. The van der Waals surface area contributed by atoms with Gasteiger partial charge in [-0.25, -0.2) is 14.8 Å². The molecule has 1 fully saturated rings. The van der Waals surface area contributed by atoms with Gasteiger partial charge in [0.2, 0.25) is 0 Å². The summed E-state index contributed by atoms with van der Waals surface area (Å²) >= 11 is 0. The minimum absolute atomic E-state index is 0.0380. The maximum atomic E-state index is 12.3. The summed E-state index contributed by atoms with van der Waals surface area (Å²) in [7, 11) is 0. The van der Waals surface area contributed by atoms with Gasteiger partial charge < -0.3 is 14.7 Å². The predicted octanol–water partition coefficient (Wildman–Crippen LogP) is 0.424. The van der Waals surface area contributed by atoms with Crippen LogP contribution in [0.3, 0.4) is 0 Å². The van der Waals surface area contributed by atoms with Gasteiger partial charge in [0, 0.05) is 6.54 Å². The van der Waals surface area contributed by atoms with Crippen LogP contribution in [0, 0.1) is 0 Å². The summed E-state index contributed by atoms with van der Waals surface area (Å²) in [5.74, 6) is -1.42. The number of aromatic nitrogens is 2. The van der Waals surface area contributed by atoms with E-state index in [0.29, 0.717) is 13.2 Å². The van der Waals surface area contributed by atoms with Gasteiger partial charge in [-0.3, -0.25) is 4.79 Å². The molecule has 1 aromatic rings. The van der Waals surface area contributed by atoms with E-state index in [1.165, 1.54) is 6.20 Å². The zero-order valence-electron chi connectivity index (χ0n) is 10.7. The van der Waals surface area contributed by atoms with Gasteiger partial charge in [-0.15, -0.1) is 0 Å². The van der Waals surface area contributed by atoms with Crippen LogP contribution in [0.25, 0.3) is 0 Å². The van der Waals surface area contributed by atoms with Gasteiger partial charge in [0.25, 0.3) is 5.91 Å². The molecular formula is C12H15N3O4. The Balaban J connectivity index is 2.17. The molecule has 102 valence electrons. The van der Waals surface area contributed by atoms with Gasteiger partial charge in [0.15, 0.2) is 5.69 Å². The molecule has 7 heteroatoms. The number of nitrogens with zero attached hydrogens (tertiary/aromatic N) is 3. The third-order valence-corrected chi connectivity index (χ3v) is 3.23. The Morgan fingerprint density at radius 1 is 1.32 bits per heavy atom. The van der Waals surface area contributed by atoms with Gasteiger partial charge in [-0.1, -0.05) is 0 Å². The van der Waals surface area contributed by atoms with Gasteiger partial charge >= 0.3 is 5.97 Å². The Morgan fingerprint density at radius 3 is 2.53 bits per heavy atom. The van der Waals surface area contributed by atoms with E-state index in [0.717, 1.165) is 6.20 Å². The van der Waals surface area contributed by atoms with Crippen LogP contribution < -0.4 is 0 Å². The molecule has 1 saturated heterocycles. The molecule has 0 aliphatic carbocycles. The molecule has 2 heterocycles.